The molecule has 3 N–H and O–H groups in total. The molecule has 0 bridgehead atoms. The van der Waals surface area contributed by atoms with Gasteiger partial charge in [-0.15, -0.1) is 0 Å². The van der Waals surface area contributed by atoms with Crippen molar-refractivity contribution in [1.82, 2.24) is 14.5 Å². The molecule has 7 heteroatoms. The molecule has 1 aromatic heterocycles. The Balaban J connectivity index is 2.14. The zero-order valence-corrected chi connectivity index (χ0v) is 12.3. The number of nitrogens with zero attached hydrogens (tertiary/aromatic N) is 2. The molecule has 6 nitrogen and oxygen atoms in total. The average Bonchev–Trinajstić information content (AvgIpc) is 2.79. The molecule has 0 radical (unpaired) electrons. The molecule has 0 amide bonds. The fraction of sp³-hybridized carbons (Fsp3) is 0.308. The number of benzene rings is 1. The zero-order valence-electron chi connectivity index (χ0n) is 11.4. The lowest BCUT2D eigenvalue weighted by Crippen LogP contribution is -2.35. The van der Waals surface area contributed by atoms with Gasteiger partial charge in [0.15, 0.2) is 0 Å². The maximum atomic E-state index is 12.3. The summed E-state index contributed by atoms with van der Waals surface area (Å²) in [6, 6.07) is 6.30. The first-order valence-electron chi connectivity index (χ1n) is 6.24. The molecule has 20 heavy (non-hydrogen) atoms. The van der Waals surface area contributed by atoms with E-state index in [4.69, 9.17) is 5.73 Å². The van der Waals surface area contributed by atoms with Gasteiger partial charge in [-0.3, -0.25) is 4.68 Å². The summed E-state index contributed by atoms with van der Waals surface area (Å²) in [7, 11) is -3.58. The maximum Gasteiger partial charge on any atom is 0.240 e. The first-order chi connectivity index (χ1) is 9.37. The lowest BCUT2D eigenvalue weighted by Gasteiger charge is -2.15. The highest BCUT2D eigenvalue weighted by atomic mass is 32.2. The van der Waals surface area contributed by atoms with Crippen LogP contribution in [0, 0.1) is 6.92 Å². The second-order valence-corrected chi connectivity index (χ2v) is 6.54. The molecule has 1 heterocycles. The minimum absolute atomic E-state index is 0.183. The zero-order chi connectivity index (χ0) is 14.8. The van der Waals surface area contributed by atoms with E-state index in [0.717, 1.165) is 5.56 Å². The smallest absolute Gasteiger partial charge is 0.240 e. The summed E-state index contributed by atoms with van der Waals surface area (Å²) in [5, 5.41) is 4.05. The summed E-state index contributed by atoms with van der Waals surface area (Å²) in [6.07, 6.45) is 3.44. The van der Waals surface area contributed by atoms with Crippen LogP contribution < -0.4 is 10.5 Å². The first kappa shape index (κ1) is 14.5. The van der Waals surface area contributed by atoms with Gasteiger partial charge in [0.2, 0.25) is 10.0 Å². The summed E-state index contributed by atoms with van der Waals surface area (Å²) in [5.41, 5.74) is 6.94. The van der Waals surface area contributed by atoms with Gasteiger partial charge in [-0.1, -0.05) is 0 Å². The fourth-order valence-electron chi connectivity index (χ4n) is 1.99. The van der Waals surface area contributed by atoms with Gasteiger partial charge in [-0.05, 0) is 43.7 Å². The second kappa shape index (κ2) is 5.64. The van der Waals surface area contributed by atoms with Crippen LogP contribution in [0.15, 0.2) is 41.6 Å². The number of hydrogen-bond donors (Lipinski definition) is 2. The summed E-state index contributed by atoms with van der Waals surface area (Å²) in [5.74, 6) is 0. The van der Waals surface area contributed by atoms with Gasteiger partial charge in [0.25, 0.3) is 0 Å². The molecule has 2 rings (SSSR count). The van der Waals surface area contributed by atoms with E-state index >= 15 is 0 Å². The van der Waals surface area contributed by atoms with E-state index in [1.807, 2.05) is 6.92 Å². The predicted octanol–water partition coefficient (Wildman–Crippen LogP) is 1.14. The quantitative estimate of drug-likeness (QED) is 0.809. The van der Waals surface area contributed by atoms with Gasteiger partial charge in [0.1, 0.15) is 0 Å². The van der Waals surface area contributed by atoms with Gasteiger partial charge in [0.05, 0.1) is 11.4 Å². The highest BCUT2D eigenvalue weighted by molar-refractivity contribution is 7.89. The fourth-order valence-corrected chi connectivity index (χ4v) is 3.36. The van der Waals surface area contributed by atoms with Crippen LogP contribution in [0.3, 0.4) is 0 Å². The van der Waals surface area contributed by atoms with E-state index in [1.165, 1.54) is 6.07 Å². The molecule has 1 unspecified atom stereocenters. The Kier molecular flexibility index (Phi) is 4.10. The Hall–Kier alpha value is -1.86. The Morgan fingerprint density at radius 2 is 2.15 bits per heavy atom. The minimum atomic E-state index is -3.58. The normalized spacial score (nSPS) is 13.3. The topological polar surface area (TPSA) is 90.0 Å². The number of nitrogens with two attached hydrogens (primary N) is 1. The van der Waals surface area contributed by atoms with Crippen LogP contribution in [-0.4, -0.2) is 24.2 Å². The van der Waals surface area contributed by atoms with E-state index in [9.17, 15) is 8.42 Å². The third-order valence-corrected chi connectivity index (χ3v) is 4.33. The highest BCUT2D eigenvalue weighted by Crippen LogP contribution is 2.16. The number of rotatable bonds is 5. The molecule has 0 fully saturated rings. The number of anilines is 1. The van der Waals surface area contributed by atoms with Gasteiger partial charge in [0, 0.05) is 24.1 Å². The Morgan fingerprint density at radius 3 is 2.75 bits per heavy atom. The standard InChI is InChI=1S/C13H18N4O2S/c1-10-6-12(14)8-13(7-10)20(18,19)16-11(2)9-17-5-3-4-15-17/h3-8,11,16H,9,14H2,1-2H3. The van der Waals surface area contributed by atoms with E-state index < -0.39 is 10.0 Å². The molecule has 0 spiro atoms. The van der Waals surface area contributed by atoms with Gasteiger partial charge >= 0.3 is 0 Å². The number of nitrogen functional groups attached to an aromatic ring is 1. The number of sulfonamides is 1. The van der Waals surface area contributed by atoms with Crippen LogP contribution in [0.4, 0.5) is 5.69 Å². The van der Waals surface area contributed by atoms with Crippen molar-refractivity contribution in [2.75, 3.05) is 5.73 Å². The lowest BCUT2D eigenvalue weighted by atomic mass is 10.2. The molecule has 108 valence electrons. The number of nitrogens with one attached hydrogen (secondary N) is 1. The van der Waals surface area contributed by atoms with Gasteiger partial charge < -0.3 is 5.73 Å². The molecular weight excluding hydrogens is 276 g/mol. The number of aromatic nitrogens is 2. The molecule has 0 aliphatic heterocycles. The minimum Gasteiger partial charge on any atom is -0.399 e. The van der Waals surface area contributed by atoms with Crippen molar-refractivity contribution in [2.45, 2.75) is 31.3 Å². The summed E-state index contributed by atoms with van der Waals surface area (Å²) in [6.45, 7) is 4.06. The molecule has 0 saturated heterocycles. The lowest BCUT2D eigenvalue weighted by molar-refractivity contribution is 0.494. The highest BCUT2D eigenvalue weighted by Gasteiger charge is 2.18. The second-order valence-electron chi connectivity index (χ2n) is 4.83. The Bertz CT molecular complexity index is 660. The summed E-state index contributed by atoms with van der Waals surface area (Å²) >= 11 is 0. The van der Waals surface area contributed by atoms with Crippen LogP contribution in [0.5, 0.6) is 0 Å². The molecule has 1 atom stereocenters. The maximum absolute atomic E-state index is 12.3. The summed E-state index contributed by atoms with van der Waals surface area (Å²) in [4.78, 5) is 0.183. The van der Waals surface area contributed by atoms with Crippen molar-refractivity contribution < 1.29 is 8.42 Å². The number of aryl methyl sites for hydroxylation is 1. The van der Waals surface area contributed by atoms with E-state index in [1.54, 1.807) is 42.2 Å². The SMILES string of the molecule is Cc1cc(N)cc(S(=O)(=O)NC(C)Cn2cccn2)c1. The Morgan fingerprint density at radius 1 is 1.40 bits per heavy atom. The molecule has 2 aromatic rings. The molecule has 0 aliphatic carbocycles. The molecule has 1 aromatic carbocycles. The average molecular weight is 294 g/mol. The molecule has 0 saturated carbocycles. The van der Waals surface area contributed by atoms with Crippen LogP contribution in [0.1, 0.15) is 12.5 Å². The van der Waals surface area contributed by atoms with Gasteiger partial charge in [-0.25, -0.2) is 13.1 Å². The van der Waals surface area contributed by atoms with E-state index in [2.05, 4.69) is 9.82 Å². The van der Waals surface area contributed by atoms with Crippen LogP contribution in [0.25, 0.3) is 0 Å². The summed E-state index contributed by atoms with van der Waals surface area (Å²) < 4.78 is 28.9. The van der Waals surface area contributed by atoms with Crippen LogP contribution >= 0.6 is 0 Å². The van der Waals surface area contributed by atoms with Crippen molar-refractivity contribution in [3.05, 3.63) is 42.2 Å². The van der Waals surface area contributed by atoms with E-state index in [0.29, 0.717) is 12.2 Å². The van der Waals surface area contributed by atoms with E-state index in [-0.39, 0.29) is 10.9 Å². The Labute approximate surface area is 118 Å². The predicted molar refractivity (Wildman–Crippen MR) is 77.6 cm³/mol. The van der Waals surface area contributed by atoms with Crippen LogP contribution in [-0.2, 0) is 16.6 Å². The van der Waals surface area contributed by atoms with Crippen molar-refractivity contribution in [2.24, 2.45) is 0 Å². The van der Waals surface area contributed by atoms with Crippen molar-refractivity contribution in [3.63, 3.8) is 0 Å². The number of hydrogen-bond acceptors (Lipinski definition) is 4. The first-order valence-corrected chi connectivity index (χ1v) is 7.72. The van der Waals surface area contributed by atoms with Crippen molar-refractivity contribution >= 4 is 15.7 Å². The van der Waals surface area contributed by atoms with Gasteiger partial charge in [-0.2, -0.15) is 5.10 Å². The third kappa shape index (κ3) is 3.58. The monoisotopic (exact) mass is 294 g/mol. The molecule has 0 aliphatic rings. The molecular formula is C13H18N4O2S. The van der Waals surface area contributed by atoms with Crippen molar-refractivity contribution in [3.8, 4) is 0 Å². The third-order valence-electron chi connectivity index (χ3n) is 2.76. The van der Waals surface area contributed by atoms with Crippen molar-refractivity contribution in [1.29, 1.82) is 0 Å². The largest absolute Gasteiger partial charge is 0.399 e. The van der Waals surface area contributed by atoms with Crippen LogP contribution in [0.2, 0.25) is 0 Å².